The van der Waals surface area contributed by atoms with Crippen molar-refractivity contribution in [3.63, 3.8) is 0 Å². The minimum atomic E-state index is -0.0806. The molecule has 0 unspecified atom stereocenters. The number of ketones is 1. The van der Waals surface area contributed by atoms with Gasteiger partial charge in [0.25, 0.3) is 0 Å². The molecule has 20 heavy (non-hydrogen) atoms. The second kappa shape index (κ2) is 6.90. The summed E-state index contributed by atoms with van der Waals surface area (Å²) < 4.78 is 5.93. The van der Waals surface area contributed by atoms with Crippen LogP contribution >= 0.6 is 34.2 Å². The normalized spacial score (nSPS) is 11.8. The van der Waals surface area contributed by atoms with Crippen molar-refractivity contribution in [3.8, 4) is 0 Å². The first-order valence-electron chi connectivity index (χ1n) is 5.93. The number of hydrogen-bond donors (Lipinski definition) is 0. The zero-order chi connectivity index (χ0) is 14.5. The van der Waals surface area contributed by atoms with Crippen LogP contribution in [0.3, 0.4) is 0 Å². The zero-order valence-corrected chi connectivity index (χ0v) is 13.7. The predicted octanol–water partition coefficient (Wildman–Crippen LogP) is 4.97. The van der Waals surface area contributed by atoms with Gasteiger partial charge in [0.2, 0.25) is 5.78 Å². The van der Waals surface area contributed by atoms with Crippen LogP contribution in [0.1, 0.15) is 15.9 Å². The third kappa shape index (κ3) is 3.41. The van der Waals surface area contributed by atoms with Crippen molar-refractivity contribution in [2.45, 2.75) is 0 Å². The third-order valence-corrected chi connectivity index (χ3v) is 3.98. The summed E-state index contributed by atoms with van der Waals surface area (Å²) in [5.74, 6) is 0.495. The van der Waals surface area contributed by atoms with Gasteiger partial charge in [-0.05, 0) is 46.9 Å². The Morgan fingerprint density at radius 1 is 1.00 bits per heavy atom. The van der Waals surface area contributed by atoms with Crippen molar-refractivity contribution in [2.24, 2.45) is 0 Å². The number of benzene rings is 2. The van der Waals surface area contributed by atoms with E-state index in [2.05, 4.69) is 0 Å². The Morgan fingerprint density at radius 3 is 2.15 bits per heavy atom. The van der Waals surface area contributed by atoms with Crippen LogP contribution in [-0.4, -0.2) is 12.9 Å². The first-order chi connectivity index (χ1) is 9.63. The average Bonchev–Trinajstić information content (AvgIpc) is 2.49. The summed E-state index contributed by atoms with van der Waals surface area (Å²) in [5, 5.41) is 0.607. The van der Waals surface area contributed by atoms with E-state index in [-0.39, 0.29) is 5.78 Å². The van der Waals surface area contributed by atoms with E-state index in [1.54, 1.807) is 31.4 Å². The van der Waals surface area contributed by atoms with Crippen LogP contribution in [0.2, 0.25) is 5.02 Å². The molecule has 0 N–H and O–H groups in total. The number of methoxy groups -OCH3 is 1. The van der Waals surface area contributed by atoms with Crippen molar-refractivity contribution in [1.82, 2.24) is 0 Å². The molecule has 0 aliphatic carbocycles. The Bertz CT molecular complexity index is 633. The number of carbonyl (C=O) groups excluding carboxylic acids is 1. The molecular formula is C16H12ClIO2. The molecule has 2 aromatic carbocycles. The Labute approximate surface area is 136 Å². The fourth-order valence-electron chi connectivity index (χ4n) is 1.75. The van der Waals surface area contributed by atoms with E-state index < -0.39 is 0 Å². The van der Waals surface area contributed by atoms with Gasteiger partial charge in [-0.3, -0.25) is 4.79 Å². The van der Waals surface area contributed by atoms with Crippen LogP contribution in [0.25, 0.3) is 5.76 Å². The smallest absolute Gasteiger partial charge is 0.202 e. The summed E-state index contributed by atoms with van der Waals surface area (Å²) in [6, 6.07) is 16.4. The van der Waals surface area contributed by atoms with E-state index in [0.29, 0.717) is 19.9 Å². The lowest BCUT2D eigenvalue weighted by molar-refractivity contribution is 0.104. The Kier molecular flexibility index (Phi) is 5.20. The van der Waals surface area contributed by atoms with E-state index >= 15 is 0 Å². The summed E-state index contributed by atoms with van der Waals surface area (Å²) in [4.78, 5) is 12.4. The van der Waals surface area contributed by atoms with E-state index in [0.717, 1.165) is 5.56 Å². The standard InChI is InChI=1S/C16H12ClIO2/c1-20-16(12-5-3-2-4-6-12)14(18)15(19)11-7-9-13(17)10-8-11/h2-10H,1H3/b16-14-. The quantitative estimate of drug-likeness (QED) is 0.314. The fraction of sp³-hybridized carbons (Fsp3) is 0.0625. The predicted molar refractivity (Wildman–Crippen MR) is 90.2 cm³/mol. The molecule has 0 aliphatic heterocycles. The molecule has 2 nitrogen and oxygen atoms in total. The monoisotopic (exact) mass is 398 g/mol. The molecule has 4 heteroatoms. The van der Waals surface area contributed by atoms with Gasteiger partial charge in [-0.15, -0.1) is 0 Å². The van der Waals surface area contributed by atoms with Crippen LogP contribution in [0.5, 0.6) is 0 Å². The highest BCUT2D eigenvalue weighted by Gasteiger charge is 2.16. The first-order valence-corrected chi connectivity index (χ1v) is 7.38. The molecule has 0 heterocycles. The van der Waals surface area contributed by atoms with Gasteiger partial charge >= 0.3 is 0 Å². The maximum absolute atomic E-state index is 12.4. The van der Waals surface area contributed by atoms with Crippen molar-refractivity contribution in [3.05, 3.63) is 74.3 Å². The first kappa shape index (κ1) is 15.1. The van der Waals surface area contributed by atoms with E-state index in [1.165, 1.54) is 0 Å². The average molecular weight is 399 g/mol. The number of ether oxygens (including phenoxy) is 1. The number of carbonyl (C=O) groups is 1. The van der Waals surface area contributed by atoms with Gasteiger partial charge < -0.3 is 4.74 Å². The van der Waals surface area contributed by atoms with Gasteiger partial charge in [0.1, 0.15) is 9.34 Å². The highest BCUT2D eigenvalue weighted by Crippen LogP contribution is 2.27. The molecular weight excluding hydrogens is 387 g/mol. The molecule has 0 aliphatic rings. The van der Waals surface area contributed by atoms with Crippen molar-refractivity contribution >= 4 is 45.7 Å². The molecule has 0 aromatic heterocycles. The zero-order valence-electron chi connectivity index (χ0n) is 10.8. The minimum Gasteiger partial charge on any atom is -0.495 e. The maximum Gasteiger partial charge on any atom is 0.202 e. The Hall–Kier alpha value is -1.33. The molecule has 0 fully saturated rings. The van der Waals surface area contributed by atoms with Crippen molar-refractivity contribution in [1.29, 1.82) is 0 Å². The summed E-state index contributed by atoms with van der Waals surface area (Å²) >= 11 is 7.85. The molecule has 0 saturated heterocycles. The van der Waals surface area contributed by atoms with E-state index in [9.17, 15) is 4.79 Å². The number of halogens is 2. The minimum absolute atomic E-state index is 0.0806. The van der Waals surface area contributed by atoms with Gasteiger partial charge in [0.15, 0.2) is 0 Å². The Morgan fingerprint density at radius 2 is 1.60 bits per heavy atom. The van der Waals surface area contributed by atoms with Crippen LogP contribution in [0, 0.1) is 0 Å². The van der Waals surface area contributed by atoms with Crippen molar-refractivity contribution in [2.75, 3.05) is 7.11 Å². The molecule has 0 bridgehead atoms. The summed E-state index contributed by atoms with van der Waals surface area (Å²) in [5.41, 5.74) is 1.46. The van der Waals surface area contributed by atoms with E-state index in [4.69, 9.17) is 16.3 Å². The highest BCUT2D eigenvalue weighted by atomic mass is 127. The number of allylic oxidation sites excluding steroid dienone is 1. The molecule has 0 amide bonds. The lowest BCUT2D eigenvalue weighted by Gasteiger charge is -2.09. The molecule has 0 saturated carbocycles. The molecule has 2 aromatic rings. The second-order valence-electron chi connectivity index (χ2n) is 4.05. The number of rotatable bonds is 4. The van der Waals surface area contributed by atoms with Crippen molar-refractivity contribution < 1.29 is 9.53 Å². The lowest BCUT2D eigenvalue weighted by atomic mass is 10.1. The van der Waals surface area contributed by atoms with Gasteiger partial charge in [0.05, 0.1) is 7.11 Å². The molecule has 102 valence electrons. The number of Topliss-reactive ketones (excluding diaryl/α,β-unsaturated/α-hetero) is 1. The topological polar surface area (TPSA) is 26.3 Å². The summed E-state index contributed by atoms with van der Waals surface area (Å²) in [6.07, 6.45) is 0. The third-order valence-electron chi connectivity index (χ3n) is 2.75. The highest BCUT2D eigenvalue weighted by molar-refractivity contribution is 14.1. The summed E-state index contributed by atoms with van der Waals surface area (Å²) in [7, 11) is 1.57. The molecule has 2 rings (SSSR count). The van der Waals surface area contributed by atoms with E-state index in [1.807, 2.05) is 52.9 Å². The lowest BCUT2D eigenvalue weighted by Crippen LogP contribution is -2.02. The van der Waals surface area contributed by atoms with Gasteiger partial charge in [0, 0.05) is 16.1 Å². The van der Waals surface area contributed by atoms with Crippen LogP contribution < -0.4 is 0 Å². The second-order valence-corrected chi connectivity index (χ2v) is 5.56. The molecule has 0 spiro atoms. The molecule has 0 atom stereocenters. The van der Waals surface area contributed by atoms with Crippen LogP contribution in [-0.2, 0) is 4.74 Å². The van der Waals surface area contributed by atoms with Gasteiger partial charge in [-0.25, -0.2) is 0 Å². The molecule has 0 radical (unpaired) electrons. The van der Waals surface area contributed by atoms with Gasteiger partial charge in [-0.1, -0.05) is 41.9 Å². The Balaban J connectivity index is 2.41. The van der Waals surface area contributed by atoms with Crippen LogP contribution in [0.15, 0.2) is 58.2 Å². The fourth-order valence-corrected chi connectivity index (χ4v) is 2.72. The maximum atomic E-state index is 12.4. The van der Waals surface area contributed by atoms with Crippen LogP contribution in [0.4, 0.5) is 0 Å². The SMILES string of the molecule is CO/C(=C(\I)C(=O)c1ccc(Cl)cc1)c1ccccc1. The summed E-state index contributed by atoms with van der Waals surface area (Å²) in [6.45, 7) is 0. The van der Waals surface area contributed by atoms with Gasteiger partial charge in [-0.2, -0.15) is 0 Å². The number of hydrogen-bond acceptors (Lipinski definition) is 2. The largest absolute Gasteiger partial charge is 0.495 e.